The van der Waals surface area contributed by atoms with Crippen LogP contribution in [0.1, 0.15) is 18.4 Å². The molecule has 4 rings (SSSR count). The number of hydrogen-bond donors (Lipinski definition) is 2. The fraction of sp³-hybridized carbons (Fsp3) is 0.350. The lowest BCUT2D eigenvalue weighted by Gasteiger charge is -2.43. The van der Waals surface area contributed by atoms with E-state index in [1.165, 1.54) is 16.4 Å². The zero-order valence-electron chi connectivity index (χ0n) is 16.0. The number of carbonyl (C=O) groups is 1. The van der Waals surface area contributed by atoms with Crippen molar-refractivity contribution in [2.45, 2.75) is 29.9 Å². The zero-order chi connectivity index (χ0) is 21.5. The van der Waals surface area contributed by atoms with Gasteiger partial charge in [0.15, 0.2) is 5.75 Å². The third kappa shape index (κ3) is 3.90. The van der Waals surface area contributed by atoms with Gasteiger partial charge in [-0.25, -0.2) is 8.42 Å². The van der Waals surface area contributed by atoms with E-state index in [-0.39, 0.29) is 46.2 Å². The monoisotopic (exact) mass is 469 g/mol. The van der Waals surface area contributed by atoms with Crippen LogP contribution in [-0.2, 0) is 21.4 Å². The van der Waals surface area contributed by atoms with Gasteiger partial charge < -0.3 is 10.4 Å². The summed E-state index contributed by atoms with van der Waals surface area (Å²) in [6.07, 6.45) is 0.925. The number of aromatic hydroxyl groups is 1. The largest absolute Gasteiger partial charge is 0.505 e. The van der Waals surface area contributed by atoms with Crippen LogP contribution in [0.25, 0.3) is 0 Å². The van der Waals surface area contributed by atoms with Gasteiger partial charge in [0, 0.05) is 19.6 Å². The smallest absolute Gasteiger partial charge is 0.243 e. The number of nitrogens with zero attached hydrogens (tertiary/aromatic N) is 2. The first-order valence-corrected chi connectivity index (χ1v) is 11.7. The van der Waals surface area contributed by atoms with Gasteiger partial charge in [-0.3, -0.25) is 9.69 Å². The van der Waals surface area contributed by atoms with Crippen molar-refractivity contribution in [2.24, 2.45) is 0 Å². The van der Waals surface area contributed by atoms with Crippen molar-refractivity contribution >= 4 is 39.1 Å². The van der Waals surface area contributed by atoms with Crippen LogP contribution < -0.4 is 5.32 Å². The first-order valence-electron chi connectivity index (χ1n) is 9.49. The summed E-state index contributed by atoms with van der Waals surface area (Å²) >= 11 is 11.8. The number of phenols is 1. The molecule has 1 amide bonds. The summed E-state index contributed by atoms with van der Waals surface area (Å²) in [7, 11) is -3.84. The summed E-state index contributed by atoms with van der Waals surface area (Å²) in [5.41, 5.74) is 0.528. The molecule has 0 aromatic heterocycles. The van der Waals surface area contributed by atoms with Gasteiger partial charge in [0.25, 0.3) is 0 Å². The van der Waals surface area contributed by atoms with Crippen molar-refractivity contribution in [1.82, 2.24) is 14.5 Å². The number of rotatable bonds is 4. The topological polar surface area (TPSA) is 90.0 Å². The normalized spacial score (nSPS) is 19.9. The number of benzene rings is 2. The van der Waals surface area contributed by atoms with Gasteiger partial charge in [-0.15, -0.1) is 0 Å². The second-order valence-electron chi connectivity index (χ2n) is 7.56. The summed E-state index contributed by atoms with van der Waals surface area (Å²) < 4.78 is 27.5. The molecular formula is C20H21Cl2N3O4S. The molecule has 1 spiro atoms. The van der Waals surface area contributed by atoms with Crippen LogP contribution in [0.2, 0.25) is 10.0 Å². The SMILES string of the molecule is O=C1CN(Cc2ccccc2)C2(CCN(S(=O)(=O)c3cc(Cl)c(O)c(Cl)c3)CC2)N1. The molecule has 7 nitrogen and oxygen atoms in total. The first-order chi connectivity index (χ1) is 14.2. The highest BCUT2D eigenvalue weighted by Crippen LogP contribution is 2.37. The molecule has 30 heavy (non-hydrogen) atoms. The van der Waals surface area contributed by atoms with Crippen molar-refractivity contribution in [1.29, 1.82) is 0 Å². The van der Waals surface area contributed by atoms with Crippen LogP contribution in [-0.4, -0.2) is 53.9 Å². The van der Waals surface area contributed by atoms with Gasteiger partial charge in [0.1, 0.15) is 0 Å². The van der Waals surface area contributed by atoms with E-state index in [4.69, 9.17) is 23.2 Å². The molecule has 0 atom stereocenters. The predicted molar refractivity (Wildman–Crippen MR) is 114 cm³/mol. The number of carbonyl (C=O) groups excluding carboxylic acids is 1. The third-order valence-electron chi connectivity index (χ3n) is 5.71. The number of amides is 1. The molecule has 10 heteroatoms. The number of halogens is 2. The molecule has 2 aliphatic heterocycles. The highest BCUT2D eigenvalue weighted by Gasteiger charge is 2.48. The minimum absolute atomic E-state index is 0.0562. The minimum Gasteiger partial charge on any atom is -0.505 e. The molecular weight excluding hydrogens is 449 g/mol. The summed E-state index contributed by atoms with van der Waals surface area (Å²) in [6, 6.07) is 12.3. The van der Waals surface area contributed by atoms with Crippen LogP contribution in [0.15, 0.2) is 47.4 Å². The fourth-order valence-corrected chi connectivity index (χ4v) is 6.20. The zero-order valence-corrected chi connectivity index (χ0v) is 18.3. The Hall–Kier alpha value is -1.84. The van der Waals surface area contributed by atoms with Gasteiger partial charge in [-0.2, -0.15) is 4.31 Å². The Morgan fingerprint density at radius 3 is 2.27 bits per heavy atom. The second-order valence-corrected chi connectivity index (χ2v) is 10.3. The lowest BCUT2D eigenvalue weighted by molar-refractivity contribution is -0.119. The Morgan fingerprint density at radius 2 is 1.67 bits per heavy atom. The average Bonchev–Trinajstić information content (AvgIpc) is 3.01. The Kier molecular flexibility index (Phi) is 5.71. The number of nitrogens with one attached hydrogen (secondary N) is 1. The standard InChI is InChI=1S/C20H21Cl2N3O4S/c21-16-10-15(11-17(22)19(16)27)30(28,29)25-8-6-20(7-9-25)23-18(26)13-24(20)12-14-4-2-1-3-5-14/h1-5,10-11,27H,6-9,12-13H2,(H,23,26). The highest BCUT2D eigenvalue weighted by atomic mass is 35.5. The molecule has 0 saturated carbocycles. The maximum Gasteiger partial charge on any atom is 0.243 e. The van der Waals surface area contributed by atoms with Gasteiger partial charge in [0.05, 0.1) is 27.1 Å². The second kappa shape index (κ2) is 8.01. The molecule has 2 saturated heterocycles. The van der Waals surface area contributed by atoms with Crippen LogP contribution in [0.3, 0.4) is 0 Å². The Bertz CT molecular complexity index is 1050. The quantitative estimate of drug-likeness (QED) is 0.718. The lowest BCUT2D eigenvalue weighted by atomic mass is 9.97. The Balaban J connectivity index is 1.53. The molecule has 0 radical (unpaired) electrons. The summed E-state index contributed by atoms with van der Waals surface area (Å²) in [6.45, 7) is 1.37. The fourth-order valence-electron chi connectivity index (χ4n) is 4.09. The van der Waals surface area contributed by atoms with Gasteiger partial charge in [-0.1, -0.05) is 53.5 Å². The van der Waals surface area contributed by atoms with E-state index in [2.05, 4.69) is 10.2 Å². The van der Waals surface area contributed by atoms with Gasteiger partial charge in [-0.05, 0) is 30.5 Å². The van der Waals surface area contributed by atoms with Crippen molar-refractivity contribution in [2.75, 3.05) is 19.6 Å². The van der Waals surface area contributed by atoms with Crippen molar-refractivity contribution in [3.8, 4) is 5.75 Å². The third-order valence-corrected chi connectivity index (χ3v) is 8.16. The molecule has 2 fully saturated rings. The number of piperidine rings is 1. The summed E-state index contributed by atoms with van der Waals surface area (Å²) in [5, 5.41) is 12.5. The molecule has 160 valence electrons. The summed E-state index contributed by atoms with van der Waals surface area (Å²) in [4.78, 5) is 14.2. The maximum absolute atomic E-state index is 13.1. The van der Waals surface area contributed by atoms with E-state index in [9.17, 15) is 18.3 Å². The molecule has 2 aromatic rings. The lowest BCUT2D eigenvalue weighted by Crippen LogP contribution is -2.58. The van der Waals surface area contributed by atoms with Crippen molar-refractivity contribution in [3.63, 3.8) is 0 Å². The van der Waals surface area contributed by atoms with Crippen LogP contribution in [0, 0.1) is 0 Å². The summed E-state index contributed by atoms with van der Waals surface area (Å²) in [5.74, 6) is -0.403. The van der Waals surface area contributed by atoms with Crippen LogP contribution >= 0.6 is 23.2 Å². The molecule has 0 bridgehead atoms. The molecule has 2 N–H and O–H groups in total. The van der Waals surface area contributed by atoms with E-state index >= 15 is 0 Å². The van der Waals surface area contributed by atoms with Gasteiger partial charge in [0.2, 0.25) is 15.9 Å². The van der Waals surface area contributed by atoms with E-state index in [0.717, 1.165) is 5.56 Å². The Labute approximate surface area is 185 Å². The number of sulfonamides is 1. The van der Waals surface area contributed by atoms with Crippen molar-refractivity contribution < 1.29 is 18.3 Å². The molecule has 2 aromatic carbocycles. The first kappa shape index (κ1) is 21.4. The van der Waals surface area contributed by atoms with E-state index in [1.54, 1.807) is 0 Å². The molecule has 2 heterocycles. The van der Waals surface area contributed by atoms with Gasteiger partial charge >= 0.3 is 0 Å². The molecule has 2 aliphatic rings. The van der Waals surface area contributed by atoms with Crippen molar-refractivity contribution in [3.05, 3.63) is 58.1 Å². The number of phenolic OH excluding ortho intramolecular Hbond substituents is 1. The Morgan fingerprint density at radius 1 is 1.07 bits per heavy atom. The minimum atomic E-state index is -3.84. The molecule has 0 unspecified atom stereocenters. The average molecular weight is 470 g/mol. The van der Waals surface area contributed by atoms with E-state index < -0.39 is 15.7 Å². The van der Waals surface area contributed by atoms with Crippen LogP contribution in [0.5, 0.6) is 5.75 Å². The van der Waals surface area contributed by atoms with Crippen LogP contribution in [0.4, 0.5) is 0 Å². The highest BCUT2D eigenvalue weighted by molar-refractivity contribution is 7.89. The number of hydrogen-bond acceptors (Lipinski definition) is 5. The molecule has 0 aliphatic carbocycles. The van der Waals surface area contributed by atoms with E-state index in [1.807, 2.05) is 30.3 Å². The predicted octanol–water partition coefficient (Wildman–Crippen LogP) is 2.81. The maximum atomic E-state index is 13.1. The van der Waals surface area contributed by atoms with E-state index in [0.29, 0.717) is 19.4 Å².